The molecule has 0 aliphatic carbocycles. The minimum absolute atomic E-state index is 0.948. The monoisotopic (exact) mass is 504 g/mol. The number of aromatic nitrogens is 2. The Balaban J connectivity index is 1.35. The van der Waals surface area contributed by atoms with Gasteiger partial charge in [0.15, 0.2) is 0 Å². The second kappa shape index (κ2) is 7.19. The van der Waals surface area contributed by atoms with Gasteiger partial charge in [0, 0.05) is 22.5 Å². The highest BCUT2D eigenvalue weighted by Crippen LogP contribution is 2.50. The minimum atomic E-state index is 0.948. The highest BCUT2D eigenvalue weighted by Gasteiger charge is 2.21. The van der Waals surface area contributed by atoms with E-state index in [1.165, 1.54) is 64.6 Å². The molecule has 0 N–H and O–H groups in total. The van der Waals surface area contributed by atoms with Crippen molar-refractivity contribution in [3.63, 3.8) is 0 Å². The zero-order chi connectivity index (χ0) is 25.9. The molecular formula is C38H20N2. The van der Waals surface area contributed by atoms with Gasteiger partial charge in [-0.2, -0.15) is 0 Å². The summed E-state index contributed by atoms with van der Waals surface area (Å²) in [5.74, 6) is 0. The molecule has 2 aromatic heterocycles. The van der Waals surface area contributed by atoms with Gasteiger partial charge < -0.3 is 0 Å². The lowest BCUT2D eigenvalue weighted by atomic mass is 9.95. The van der Waals surface area contributed by atoms with Gasteiger partial charge in [-0.3, -0.25) is 4.98 Å². The maximum atomic E-state index is 5.16. The van der Waals surface area contributed by atoms with E-state index in [2.05, 4.69) is 114 Å². The van der Waals surface area contributed by atoms with Crippen LogP contribution < -0.4 is 0 Å². The molecule has 40 heavy (non-hydrogen) atoms. The molecule has 0 fully saturated rings. The molecule has 0 unspecified atom stereocenters. The van der Waals surface area contributed by atoms with Crippen molar-refractivity contribution in [2.45, 2.75) is 0 Å². The first-order chi connectivity index (χ1) is 19.8. The predicted molar refractivity (Wildman–Crippen MR) is 170 cm³/mol. The van der Waals surface area contributed by atoms with E-state index in [9.17, 15) is 0 Å². The fourth-order valence-corrected chi connectivity index (χ4v) is 7.30. The van der Waals surface area contributed by atoms with Gasteiger partial charge in [-0.1, -0.05) is 97.1 Å². The summed E-state index contributed by atoms with van der Waals surface area (Å²) in [5.41, 5.74) is 3.99. The Morgan fingerprint density at radius 3 is 1.70 bits per heavy atom. The number of nitrogens with zero attached hydrogens (tertiary/aromatic N) is 2. The molecule has 0 saturated heterocycles. The van der Waals surface area contributed by atoms with Crippen LogP contribution >= 0.6 is 0 Å². The number of fused-ring (bicyclic) bond motifs is 11. The van der Waals surface area contributed by atoms with Crippen molar-refractivity contribution in [1.82, 2.24) is 9.97 Å². The summed E-state index contributed by atoms with van der Waals surface area (Å²) >= 11 is 0. The lowest BCUT2D eigenvalue weighted by Gasteiger charge is -2.08. The van der Waals surface area contributed by atoms with E-state index in [0.717, 1.165) is 33.1 Å². The summed E-state index contributed by atoms with van der Waals surface area (Å²) in [6, 6.07) is 42.0. The van der Waals surface area contributed by atoms with E-state index in [-0.39, 0.29) is 0 Å². The molecule has 0 spiro atoms. The van der Waals surface area contributed by atoms with Gasteiger partial charge in [0.2, 0.25) is 0 Å². The molecule has 0 bridgehead atoms. The lowest BCUT2D eigenvalue weighted by Crippen LogP contribution is -1.88. The normalized spacial score (nSPS) is 12.5. The molecule has 2 heteroatoms. The number of rotatable bonds is 1. The topological polar surface area (TPSA) is 25.8 Å². The van der Waals surface area contributed by atoms with Crippen molar-refractivity contribution in [1.29, 1.82) is 0 Å². The van der Waals surface area contributed by atoms with Gasteiger partial charge in [-0.15, -0.1) is 0 Å². The molecule has 2 heterocycles. The van der Waals surface area contributed by atoms with Crippen LogP contribution in [0.3, 0.4) is 0 Å². The summed E-state index contributed by atoms with van der Waals surface area (Å²) in [5, 5.41) is 18.3. The fourth-order valence-electron chi connectivity index (χ4n) is 7.30. The largest absolute Gasteiger partial charge is 0.254 e. The van der Waals surface area contributed by atoms with Gasteiger partial charge in [-0.05, 0) is 82.8 Å². The first-order valence-corrected chi connectivity index (χ1v) is 13.8. The van der Waals surface area contributed by atoms with E-state index in [0.29, 0.717) is 0 Å². The molecule has 0 aliphatic heterocycles. The highest BCUT2D eigenvalue weighted by atomic mass is 14.7. The molecule has 8 aromatic carbocycles. The Labute approximate surface area is 228 Å². The van der Waals surface area contributed by atoms with Gasteiger partial charge >= 0.3 is 0 Å². The van der Waals surface area contributed by atoms with E-state index < -0.39 is 0 Å². The van der Waals surface area contributed by atoms with Crippen LogP contribution in [0.4, 0.5) is 0 Å². The minimum Gasteiger partial charge on any atom is -0.254 e. The first-order valence-electron chi connectivity index (χ1n) is 13.8. The first kappa shape index (κ1) is 20.6. The van der Waals surface area contributed by atoms with Gasteiger partial charge in [0.1, 0.15) is 0 Å². The average molecular weight is 505 g/mol. The maximum Gasteiger partial charge on any atom is 0.0972 e. The third kappa shape index (κ3) is 2.45. The SMILES string of the molecule is c1cnc2c(c1)ccc1ccc(-c3ccc4c5cccc6c7c8ccccc8c8cccc(c87)c(c4c3)c56)nc12. The third-order valence-electron chi connectivity index (χ3n) is 8.96. The molecule has 0 radical (unpaired) electrons. The smallest absolute Gasteiger partial charge is 0.0972 e. The second-order valence-electron chi connectivity index (χ2n) is 10.9. The third-order valence-corrected chi connectivity index (χ3v) is 8.96. The molecule has 2 nitrogen and oxygen atoms in total. The Bertz CT molecular complexity index is 2650. The Kier molecular flexibility index (Phi) is 3.70. The van der Waals surface area contributed by atoms with Crippen LogP contribution in [0.5, 0.6) is 0 Å². The quantitative estimate of drug-likeness (QED) is 0.164. The summed E-state index contributed by atoms with van der Waals surface area (Å²) in [7, 11) is 0. The van der Waals surface area contributed by atoms with Crippen LogP contribution in [0.2, 0.25) is 0 Å². The summed E-state index contributed by atoms with van der Waals surface area (Å²) in [6.45, 7) is 0. The second-order valence-corrected chi connectivity index (χ2v) is 10.9. The molecular weight excluding hydrogens is 484 g/mol. The van der Waals surface area contributed by atoms with Crippen LogP contribution in [0.25, 0.3) is 97.7 Å². The standard InChI is InChI=1S/C38H20N2/c1-2-8-26-24(7-1)27-9-3-12-30-34(27)33(26)29-11-4-10-28-25-17-15-23(20-31(25)36(30)35(28)29)32-18-16-22-14-13-21-6-5-19-39-37(21)38(22)40-32/h1-20H. The van der Waals surface area contributed by atoms with Crippen molar-refractivity contribution in [3.8, 4) is 11.3 Å². The van der Waals surface area contributed by atoms with Gasteiger partial charge in [0.25, 0.3) is 0 Å². The fraction of sp³-hybridized carbons (Fsp3) is 0. The molecule has 0 aliphatic rings. The summed E-state index contributed by atoms with van der Waals surface area (Å²) in [6.07, 6.45) is 1.85. The van der Waals surface area contributed by atoms with Crippen molar-refractivity contribution in [3.05, 3.63) is 121 Å². The number of hydrogen-bond acceptors (Lipinski definition) is 2. The lowest BCUT2D eigenvalue weighted by molar-refractivity contribution is 1.37. The number of benzene rings is 6. The van der Waals surface area contributed by atoms with Crippen molar-refractivity contribution < 1.29 is 0 Å². The average Bonchev–Trinajstić information content (AvgIpc) is 3.54. The highest BCUT2D eigenvalue weighted by molar-refractivity contribution is 6.47. The maximum absolute atomic E-state index is 5.16. The predicted octanol–water partition coefficient (Wildman–Crippen LogP) is 10.2. The molecule has 0 amide bonds. The van der Waals surface area contributed by atoms with Crippen LogP contribution in [0.1, 0.15) is 0 Å². The number of hydrogen-bond donors (Lipinski definition) is 0. The van der Waals surface area contributed by atoms with E-state index in [4.69, 9.17) is 4.98 Å². The van der Waals surface area contributed by atoms with Crippen LogP contribution in [-0.4, -0.2) is 9.97 Å². The Morgan fingerprint density at radius 1 is 0.375 bits per heavy atom. The zero-order valence-corrected chi connectivity index (χ0v) is 21.4. The summed E-state index contributed by atoms with van der Waals surface area (Å²) in [4.78, 5) is 9.83. The van der Waals surface area contributed by atoms with Crippen LogP contribution in [0.15, 0.2) is 121 Å². The van der Waals surface area contributed by atoms with E-state index in [1.807, 2.05) is 12.3 Å². The summed E-state index contributed by atoms with van der Waals surface area (Å²) < 4.78 is 0. The van der Waals surface area contributed by atoms with Crippen LogP contribution in [0, 0.1) is 0 Å². The molecule has 182 valence electrons. The van der Waals surface area contributed by atoms with Crippen molar-refractivity contribution >= 4 is 86.4 Å². The van der Waals surface area contributed by atoms with Crippen molar-refractivity contribution in [2.24, 2.45) is 0 Å². The van der Waals surface area contributed by atoms with Gasteiger partial charge in [0.05, 0.1) is 16.7 Å². The molecule has 0 atom stereocenters. The molecule has 10 rings (SSSR count). The number of pyridine rings is 2. The molecule has 0 saturated carbocycles. The van der Waals surface area contributed by atoms with Crippen LogP contribution in [-0.2, 0) is 0 Å². The molecule has 10 aromatic rings. The van der Waals surface area contributed by atoms with Gasteiger partial charge in [-0.25, -0.2) is 4.98 Å². The zero-order valence-electron chi connectivity index (χ0n) is 21.4. The Hall–Kier alpha value is -5.34. The van der Waals surface area contributed by atoms with Crippen molar-refractivity contribution in [2.75, 3.05) is 0 Å². The Morgan fingerprint density at radius 2 is 0.950 bits per heavy atom. The van der Waals surface area contributed by atoms with E-state index in [1.54, 1.807) is 0 Å². The van der Waals surface area contributed by atoms with E-state index >= 15 is 0 Å².